The van der Waals surface area contributed by atoms with Crippen LogP contribution in [0, 0.1) is 29.6 Å². The third-order valence-corrected chi connectivity index (χ3v) is 12.2. The molecule has 5 fully saturated rings. The quantitative estimate of drug-likeness (QED) is 0.292. The highest BCUT2D eigenvalue weighted by molar-refractivity contribution is 5.67. The van der Waals surface area contributed by atoms with Crippen LogP contribution in [-0.2, 0) is 33.2 Å². The van der Waals surface area contributed by atoms with Gasteiger partial charge in [0, 0.05) is 37.7 Å². The summed E-state index contributed by atoms with van der Waals surface area (Å²) in [4.78, 5) is 11.5. The molecule has 16 unspecified atom stereocenters. The highest BCUT2D eigenvalue weighted by Gasteiger charge is 2.61. The predicted octanol–water partition coefficient (Wildman–Crippen LogP) is 3.64. The number of aliphatic carboxylic acids is 1. The molecule has 0 aromatic rings. The Morgan fingerprint density at radius 3 is 2.36 bits per heavy atom. The first kappa shape index (κ1) is 35.4. The molecule has 11 heteroatoms. The normalized spacial score (nSPS) is 51.9. The van der Waals surface area contributed by atoms with Crippen molar-refractivity contribution >= 4 is 5.97 Å². The maximum atomic E-state index is 11.5. The van der Waals surface area contributed by atoms with Gasteiger partial charge in [-0.3, -0.25) is 4.79 Å². The Labute approximate surface area is 268 Å². The number of hydrogen-bond donors (Lipinski definition) is 4. The Balaban J connectivity index is 1.25. The van der Waals surface area contributed by atoms with Crippen molar-refractivity contribution in [3.05, 3.63) is 0 Å². The van der Waals surface area contributed by atoms with E-state index in [1.165, 1.54) is 7.11 Å². The van der Waals surface area contributed by atoms with E-state index in [9.17, 15) is 25.2 Å². The number of carboxylic acid groups (broad SMARTS) is 1. The van der Waals surface area contributed by atoms with Crippen LogP contribution in [0.5, 0.6) is 0 Å². The highest BCUT2D eigenvalue weighted by Crippen LogP contribution is 2.54. The molecule has 0 saturated carbocycles. The van der Waals surface area contributed by atoms with Gasteiger partial charge >= 0.3 is 5.97 Å². The monoisotopic (exact) mass is 642 g/mol. The summed E-state index contributed by atoms with van der Waals surface area (Å²) in [5.74, 6) is -3.74. The Morgan fingerprint density at radius 1 is 1.00 bits per heavy atom. The van der Waals surface area contributed by atoms with Gasteiger partial charge in [0.1, 0.15) is 0 Å². The van der Waals surface area contributed by atoms with Gasteiger partial charge in [0.25, 0.3) is 0 Å². The number of aliphatic hydroxyl groups is 3. The Kier molecular flexibility index (Phi) is 10.1. The Hall–Kier alpha value is -0.890. The maximum absolute atomic E-state index is 11.5. The molecule has 0 amide bonds. The third-order valence-electron chi connectivity index (χ3n) is 12.2. The van der Waals surface area contributed by atoms with Gasteiger partial charge in [-0.25, -0.2) is 0 Å². The van der Waals surface area contributed by atoms with Crippen LogP contribution in [0.15, 0.2) is 0 Å². The van der Waals surface area contributed by atoms with Gasteiger partial charge in [-0.1, -0.05) is 34.6 Å². The van der Waals surface area contributed by atoms with Crippen molar-refractivity contribution in [1.82, 2.24) is 0 Å². The average molecular weight is 643 g/mol. The van der Waals surface area contributed by atoms with Crippen LogP contribution in [0.25, 0.3) is 0 Å². The molecule has 0 aliphatic carbocycles. The zero-order valence-electron chi connectivity index (χ0n) is 28.4. The van der Waals surface area contributed by atoms with Crippen molar-refractivity contribution in [2.24, 2.45) is 29.6 Å². The second-order valence-corrected chi connectivity index (χ2v) is 15.7. The van der Waals surface area contributed by atoms with E-state index in [4.69, 9.17) is 28.4 Å². The van der Waals surface area contributed by atoms with E-state index in [1.807, 2.05) is 20.8 Å². The second-order valence-electron chi connectivity index (χ2n) is 15.7. The standard InChI is InChI=1S/C34H58O11/c1-18-13-20(3)34(39,17-35)44-28(18)25-14-19(2)30(41-25)32(7)10-9-26(42-32)31(6)11-12-33(45-31)16-23(36)21(4)29(43-33)22(5)24(40-8)15-27(37)38/h18-26,28-30,35-36,39H,9-17H2,1-8H3,(H,37,38). The summed E-state index contributed by atoms with van der Waals surface area (Å²) in [6.07, 6.45) is 2.09. The van der Waals surface area contributed by atoms with Crippen LogP contribution >= 0.6 is 0 Å². The second kappa shape index (κ2) is 12.9. The first-order valence-corrected chi connectivity index (χ1v) is 17.1. The van der Waals surface area contributed by atoms with E-state index in [-0.39, 0.29) is 60.4 Å². The fourth-order valence-corrected chi connectivity index (χ4v) is 9.30. The van der Waals surface area contributed by atoms with Crippen molar-refractivity contribution in [2.75, 3.05) is 13.7 Å². The van der Waals surface area contributed by atoms with Crippen molar-refractivity contribution in [1.29, 1.82) is 0 Å². The van der Waals surface area contributed by atoms with Crippen molar-refractivity contribution in [2.45, 2.75) is 165 Å². The Bertz CT molecular complexity index is 1060. The van der Waals surface area contributed by atoms with E-state index in [0.717, 1.165) is 25.7 Å². The minimum atomic E-state index is -1.56. The predicted molar refractivity (Wildman–Crippen MR) is 163 cm³/mol. The van der Waals surface area contributed by atoms with E-state index in [0.29, 0.717) is 19.3 Å². The van der Waals surface area contributed by atoms with Gasteiger partial charge in [-0.05, 0) is 57.8 Å². The van der Waals surface area contributed by atoms with Gasteiger partial charge in [-0.2, -0.15) is 0 Å². The van der Waals surface area contributed by atoms with Gasteiger partial charge in [0.05, 0.1) is 67.0 Å². The van der Waals surface area contributed by atoms with Crippen LogP contribution in [0.3, 0.4) is 0 Å². The van der Waals surface area contributed by atoms with Crippen LogP contribution in [0.2, 0.25) is 0 Å². The van der Waals surface area contributed by atoms with Crippen molar-refractivity contribution in [3.63, 3.8) is 0 Å². The third kappa shape index (κ3) is 6.59. The smallest absolute Gasteiger partial charge is 0.305 e. The SMILES string of the molecule is COC(CC(=O)O)C(C)C1OC2(CCC(C)(C3CCC(C)(C4OC(C5OC(O)(CO)C(C)CC5C)CC4C)O3)O2)CC(O)C1C. The average Bonchev–Trinajstić information content (AvgIpc) is 3.67. The summed E-state index contributed by atoms with van der Waals surface area (Å²) in [6, 6.07) is 0. The number of methoxy groups -OCH3 is 1. The zero-order valence-corrected chi connectivity index (χ0v) is 28.4. The van der Waals surface area contributed by atoms with Crippen LogP contribution in [-0.4, -0.2) is 106 Å². The number of aliphatic hydroxyl groups excluding tert-OH is 2. The number of carboxylic acids is 1. The van der Waals surface area contributed by atoms with Gasteiger partial charge in [-0.15, -0.1) is 0 Å². The molecular formula is C34H58O11. The van der Waals surface area contributed by atoms with E-state index in [1.54, 1.807) is 0 Å². The minimum Gasteiger partial charge on any atom is -0.481 e. The van der Waals surface area contributed by atoms with Crippen LogP contribution in [0.1, 0.15) is 99.8 Å². The largest absolute Gasteiger partial charge is 0.481 e. The summed E-state index contributed by atoms with van der Waals surface area (Å²) in [5, 5.41) is 41.3. The first-order chi connectivity index (χ1) is 21.0. The molecule has 0 aromatic heterocycles. The first-order valence-electron chi connectivity index (χ1n) is 17.1. The highest BCUT2D eigenvalue weighted by atomic mass is 16.7. The molecular weight excluding hydrogens is 584 g/mol. The zero-order chi connectivity index (χ0) is 33.1. The molecule has 5 aliphatic rings. The lowest BCUT2D eigenvalue weighted by molar-refractivity contribution is -0.335. The molecule has 0 aromatic carbocycles. The summed E-state index contributed by atoms with van der Waals surface area (Å²) < 4.78 is 38.9. The van der Waals surface area contributed by atoms with E-state index >= 15 is 0 Å². The number of ether oxygens (including phenoxy) is 6. The molecule has 5 saturated heterocycles. The lowest BCUT2D eigenvalue weighted by Gasteiger charge is -2.48. The van der Waals surface area contributed by atoms with Gasteiger partial charge in [0.2, 0.25) is 0 Å². The molecule has 16 atom stereocenters. The number of carbonyl (C=O) groups is 1. The topological polar surface area (TPSA) is 153 Å². The molecule has 260 valence electrons. The molecule has 1 spiro atoms. The van der Waals surface area contributed by atoms with Gasteiger partial charge < -0.3 is 48.8 Å². The van der Waals surface area contributed by atoms with Crippen LogP contribution < -0.4 is 0 Å². The number of rotatable bonds is 9. The molecule has 11 nitrogen and oxygen atoms in total. The van der Waals surface area contributed by atoms with Crippen molar-refractivity contribution < 1.29 is 53.6 Å². The lowest BCUT2D eigenvalue weighted by atomic mass is 9.80. The fraction of sp³-hybridized carbons (Fsp3) is 0.971. The van der Waals surface area contributed by atoms with Gasteiger partial charge in [0.15, 0.2) is 11.6 Å². The molecule has 5 heterocycles. The summed E-state index contributed by atoms with van der Waals surface area (Å²) in [5.41, 5.74) is -1.18. The molecule has 4 N–H and O–H groups in total. The summed E-state index contributed by atoms with van der Waals surface area (Å²) in [7, 11) is 1.51. The molecule has 0 bridgehead atoms. The molecule has 45 heavy (non-hydrogen) atoms. The Morgan fingerprint density at radius 2 is 1.71 bits per heavy atom. The van der Waals surface area contributed by atoms with E-state index in [2.05, 4.69) is 27.7 Å². The molecule has 0 radical (unpaired) electrons. The summed E-state index contributed by atoms with van der Waals surface area (Å²) >= 11 is 0. The maximum Gasteiger partial charge on any atom is 0.305 e. The number of hydrogen-bond acceptors (Lipinski definition) is 10. The van der Waals surface area contributed by atoms with Crippen LogP contribution in [0.4, 0.5) is 0 Å². The van der Waals surface area contributed by atoms with Crippen molar-refractivity contribution in [3.8, 4) is 0 Å². The van der Waals surface area contributed by atoms with E-state index < -0.39 is 53.7 Å². The molecule has 5 rings (SSSR count). The lowest BCUT2D eigenvalue weighted by Crippen LogP contribution is -2.56. The fourth-order valence-electron chi connectivity index (χ4n) is 9.30. The minimum absolute atomic E-state index is 0.143. The summed E-state index contributed by atoms with van der Waals surface area (Å²) in [6.45, 7) is 13.8. The molecule has 5 aliphatic heterocycles.